The molecule has 5 rings (SSSR count). The molecular weight excluding hydrogens is 348 g/mol. The van der Waals surface area contributed by atoms with Crippen molar-refractivity contribution in [3.63, 3.8) is 0 Å². The van der Waals surface area contributed by atoms with Crippen molar-refractivity contribution < 1.29 is 8.78 Å². The molecule has 0 bridgehead atoms. The van der Waals surface area contributed by atoms with E-state index >= 15 is 0 Å². The Morgan fingerprint density at radius 1 is 1.07 bits per heavy atom. The number of para-hydroxylation sites is 1. The second kappa shape index (κ2) is 5.78. The second-order valence-electron chi connectivity index (χ2n) is 6.39. The minimum atomic E-state index is -0.648. The lowest BCUT2D eigenvalue weighted by Gasteiger charge is -2.22. The largest absolute Gasteiger partial charge is 0.358 e. The van der Waals surface area contributed by atoms with E-state index in [4.69, 9.17) is 5.73 Å². The normalized spacial score (nSPS) is 16.1. The number of H-pyrrole nitrogens is 1. The van der Waals surface area contributed by atoms with Crippen molar-refractivity contribution in [2.75, 3.05) is 5.32 Å². The van der Waals surface area contributed by atoms with Gasteiger partial charge in [0.05, 0.1) is 5.52 Å². The third-order valence-electron chi connectivity index (χ3n) is 4.74. The van der Waals surface area contributed by atoms with E-state index in [2.05, 4.69) is 15.3 Å². The molecule has 0 saturated heterocycles. The van der Waals surface area contributed by atoms with E-state index in [-0.39, 0.29) is 5.52 Å². The van der Waals surface area contributed by atoms with Crippen molar-refractivity contribution in [3.8, 4) is 5.69 Å². The van der Waals surface area contributed by atoms with Crippen molar-refractivity contribution in [1.82, 2.24) is 9.55 Å². The number of nitrogens with zero attached hydrogens (tertiary/aromatic N) is 2. The van der Waals surface area contributed by atoms with Crippen LogP contribution < -0.4 is 11.1 Å². The number of rotatable bonds is 2. The summed E-state index contributed by atoms with van der Waals surface area (Å²) in [5, 5.41) is 3.69. The fourth-order valence-corrected chi connectivity index (χ4v) is 3.46. The summed E-state index contributed by atoms with van der Waals surface area (Å²) >= 11 is 0. The Kier molecular flexibility index (Phi) is 3.38. The number of aromatic nitrogens is 2. The molecule has 3 heterocycles. The second-order valence-corrected chi connectivity index (χ2v) is 6.39. The fraction of sp³-hybridized carbons (Fsp3) is 0.0500. The van der Waals surface area contributed by atoms with Gasteiger partial charge in [-0.25, -0.2) is 13.8 Å². The van der Waals surface area contributed by atoms with Gasteiger partial charge in [0.1, 0.15) is 29.5 Å². The van der Waals surface area contributed by atoms with Crippen molar-refractivity contribution in [2.24, 2.45) is 10.7 Å². The number of aromatic amines is 1. The van der Waals surface area contributed by atoms with Crippen LogP contribution in [0.3, 0.4) is 0 Å². The lowest BCUT2D eigenvalue weighted by molar-refractivity contribution is 0.591. The number of halogens is 2. The van der Waals surface area contributed by atoms with Crippen LogP contribution in [0.25, 0.3) is 16.6 Å². The number of amidine groups is 1. The lowest BCUT2D eigenvalue weighted by atomic mass is 10.1. The van der Waals surface area contributed by atoms with Crippen LogP contribution >= 0.6 is 0 Å². The Hall–Kier alpha value is -3.45. The number of aliphatic imine (C=N–C) groups is 1. The maximum Gasteiger partial charge on any atom is 0.150 e. The van der Waals surface area contributed by atoms with Gasteiger partial charge in [-0.05, 0) is 24.3 Å². The molecule has 27 heavy (non-hydrogen) atoms. The summed E-state index contributed by atoms with van der Waals surface area (Å²) in [5.41, 5.74) is 8.84. The zero-order valence-electron chi connectivity index (χ0n) is 14.1. The Morgan fingerprint density at radius 2 is 1.89 bits per heavy atom. The van der Waals surface area contributed by atoms with Crippen LogP contribution in [0.4, 0.5) is 14.6 Å². The summed E-state index contributed by atoms with van der Waals surface area (Å²) < 4.78 is 29.7. The molecule has 0 fully saturated rings. The highest BCUT2D eigenvalue weighted by atomic mass is 19.1. The Morgan fingerprint density at radius 3 is 2.70 bits per heavy atom. The number of benzene rings is 2. The molecule has 7 heteroatoms. The molecule has 4 N–H and O–H groups in total. The molecule has 4 aromatic rings. The predicted molar refractivity (Wildman–Crippen MR) is 101 cm³/mol. The highest BCUT2D eigenvalue weighted by Gasteiger charge is 2.25. The van der Waals surface area contributed by atoms with Crippen LogP contribution in [0.1, 0.15) is 17.3 Å². The summed E-state index contributed by atoms with van der Waals surface area (Å²) in [6.45, 7) is 0. The van der Waals surface area contributed by atoms with Crippen LogP contribution in [0.2, 0.25) is 0 Å². The maximum atomic E-state index is 14.0. The summed E-state index contributed by atoms with van der Waals surface area (Å²) in [6, 6.07) is 13.9. The maximum absolute atomic E-state index is 14.0. The summed E-state index contributed by atoms with van der Waals surface area (Å²) in [5.74, 6) is -0.0488. The predicted octanol–water partition coefficient (Wildman–Crippen LogP) is 4.07. The first kappa shape index (κ1) is 15.8. The number of hydrogen-bond donors (Lipinski definition) is 3. The van der Waals surface area contributed by atoms with Gasteiger partial charge in [0.15, 0.2) is 0 Å². The van der Waals surface area contributed by atoms with E-state index in [9.17, 15) is 8.78 Å². The lowest BCUT2D eigenvalue weighted by Crippen LogP contribution is -2.25. The summed E-state index contributed by atoms with van der Waals surface area (Å²) in [7, 11) is 0. The van der Waals surface area contributed by atoms with Crippen molar-refractivity contribution in [3.05, 3.63) is 83.7 Å². The van der Waals surface area contributed by atoms with Gasteiger partial charge in [0.2, 0.25) is 0 Å². The van der Waals surface area contributed by atoms with E-state index < -0.39 is 17.8 Å². The molecule has 0 radical (unpaired) electrons. The number of hydrogen-bond acceptors (Lipinski definition) is 3. The highest BCUT2D eigenvalue weighted by Crippen LogP contribution is 2.33. The first-order chi connectivity index (χ1) is 13.1. The van der Waals surface area contributed by atoms with Crippen LogP contribution in [0, 0.1) is 11.6 Å². The summed E-state index contributed by atoms with van der Waals surface area (Å²) in [4.78, 5) is 7.34. The van der Waals surface area contributed by atoms with Crippen molar-refractivity contribution in [2.45, 2.75) is 6.17 Å². The number of nitrogens with two attached hydrogens (primary N) is 1. The van der Waals surface area contributed by atoms with Gasteiger partial charge in [-0.3, -0.25) is 0 Å². The van der Waals surface area contributed by atoms with Gasteiger partial charge in [0, 0.05) is 40.7 Å². The average Bonchev–Trinajstić information content (AvgIpc) is 3.27. The third-order valence-corrected chi connectivity index (χ3v) is 4.74. The molecule has 2 aromatic carbocycles. The van der Waals surface area contributed by atoms with E-state index in [1.165, 1.54) is 6.07 Å². The van der Waals surface area contributed by atoms with Gasteiger partial charge >= 0.3 is 0 Å². The Balaban J connectivity index is 1.63. The number of anilines is 1. The molecule has 0 amide bonds. The van der Waals surface area contributed by atoms with Crippen LogP contribution in [-0.4, -0.2) is 15.4 Å². The minimum Gasteiger partial charge on any atom is -0.358 e. The van der Waals surface area contributed by atoms with Gasteiger partial charge in [-0.15, -0.1) is 0 Å². The topological polar surface area (TPSA) is 71.1 Å². The van der Waals surface area contributed by atoms with Gasteiger partial charge in [0.25, 0.3) is 0 Å². The molecule has 1 aliphatic rings. The Labute approximate surface area is 153 Å². The zero-order chi connectivity index (χ0) is 18.5. The summed E-state index contributed by atoms with van der Waals surface area (Å²) in [6.07, 6.45) is 2.94. The quantitative estimate of drug-likeness (QED) is 0.502. The molecule has 1 aliphatic heterocycles. The van der Waals surface area contributed by atoms with Crippen molar-refractivity contribution >= 4 is 22.6 Å². The monoisotopic (exact) mass is 363 g/mol. The van der Waals surface area contributed by atoms with E-state index in [0.717, 1.165) is 23.1 Å². The third kappa shape index (κ3) is 2.43. The van der Waals surface area contributed by atoms with E-state index in [1.807, 2.05) is 47.2 Å². The minimum absolute atomic E-state index is 0.230. The SMILES string of the molecule is NC1N=C(c2c[nH]c3c(F)cc(F)cc23)Nc2c1ccn2-c1ccccc1. The molecule has 1 unspecified atom stereocenters. The van der Waals surface area contributed by atoms with Crippen molar-refractivity contribution in [1.29, 1.82) is 0 Å². The first-order valence-electron chi connectivity index (χ1n) is 8.45. The first-order valence-corrected chi connectivity index (χ1v) is 8.45. The number of fused-ring (bicyclic) bond motifs is 2. The molecule has 1 atom stereocenters. The highest BCUT2D eigenvalue weighted by molar-refractivity contribution is 6.16. The van der Waals surface area contributed by atoms with E-state index in [1.54, 1.807) is 6.20 Å². The fourth-order valence-electron chi connectivity index (χ4n) is 3.46. The molecule has 0 saturated carbocycles. The molecule has 0 spiro atoms. The molecular formula is C20H15F2N5. The smallest absolute Gasteiger partial charge is 0.150 e. The van der Waals surface area contributed by atoms with E-state index in [0.29, 0.717) is 16.8 Å². The van der Waals surface area contributed by atoms with Gasteiger partial charge in [-0.1, -0.05) is 18.2 Å². The number of nitrogens with one attached hydrogen (secondary N) is 2. The van der Waals surface area contributed by atoms with Crippen LogP contribution in [-0.2, 0) is 0 Å². The standard InChI is InChI=1S/C20H15F2N5/c21-11-8-14-15(10-24-17(14)16(22)9-11)19-25-18(23)13-6-7-27(20(13)26-19)12-4-2-1-3-5-12/h1-10,18,24H,23H2,(H,25,26). The molecule has 2 aromatic heterocycles. The molecule has 0 aliphatic carbocycles. The zero-order valence-corrected chi connectivity index (χ0v) is 14.1. The van der Waals surface area contributed by atoms with Crippen LogP contribution in [0.15, 0.2) is 65.9 Å². The van der Waals surface area contributed by atoms with Gasteiger partial charge < -0.3 is 20.6 Å². The average molecular weight is 363 g/mol. The molecule has 134 valence electrons. The Bertz CT molecular complexity index is 1190. The van der Waals surface area contributed by atoms with Crippen LogP contribution in [0.5, 0.6) is 0 Å². The molecule has 5 nitrogen and oxygen atoms in total. The van der Waals surface area contributed by atoms with Gasteiger partial charge in [-0.2, -0.15) is 0 Å².